The monoisotopic (exact) mass is 430 g/mol. The minimum Gasteiger partial charge on any atom is -0.421 e. The van der Waals surface area contributed by atoms with Crippen molar-refractivity contribution in [3.63, 3.8) is 0 Å². The number of pyridine rings is 1. The lowest BCUT2D eigenvalue weighted by molar-refractivity contribution is -0.116. The van der Waals surface area contributed by atoms with Crippen LogP contribution < -0.4 is 5.32 Å². The van der Waals surface area contributed by atoms with Gasteiger partial charge in [0.2, 0.25) is 17.7 Å². The van der Waals surface area contributed by atoms with Crippen LogP contribution in [0.15, 0.2) is 59.1 Å². The van der Waals surface area contributed by atoms with Gasteiger partial charge in [0.15, 0.2) is 5.82 Å². The van der Waals surface area contributed by atoms with E-state index in [-0.39, 0.29) is 17.7 Å². The zero-order valence-electron chi connectivity index (χ0n) is 18.7. The Bertz CT molecular complexity index is 1200. The molecule has 4 aromatic rings. The molecule has 8 nitrogen and oxygen atoms in total. The van der Waals surface area contributed by atoms with Gasteiger partial charge in [-0.05, 0) is 31.2 Å². The molecule has 0 aliphatic heterocycles. The van der Waals surface area contributed by atoms with Crippen molar-refractivity contribution in [2.45, 2.75) is 46.0 Å². The largest absolute Gasteiger partial charge is 0.421 e. The number of hydrogen-bond donors (Lipinski definition) is 1. The smallest absolute Gasteiger partial charge is 0.247 e. The van der Waals surface area contributed by atoms with E-state index in [0.29, 0.717) is 29.8 Å². The van der Waals surface area contributed by atoms with Crippen LogP contribution in [0.4, 0.5) is 5.82 Å². The maximum atomic E-state index is 12.7. The van der Waals surface area contributed by atoms with Gasteiger partial charge in [-0.3, -0.25) is 4.79 Å². The predicted molar refractivity (Wildman–Crippen MR) is 121 cm³/mol. The fourth-order valence-corrected chi connectivity index (χ4v) is 3.08. The highest BCUT2D eigenvalue weighted by Gasteiger charge is 2.22. The SMILES string of the molecule is Cc1ccc(-c2nnc(CCC(=O)Nc3cc(C(C)(C)C)nn3-c3ccccn3)o2)cc1. The predicted octanol–water partition coefficient (Wildman–Crippen LogP) is 4.49. The van der Waals surface area contributed by atoms with Gasteiger partial charge in [-0.1, -0.05) is 44.5 Å². The van der Waals surface area contributed by atoms with Crippen LogP contribution in [0, 0.1) is 6.92 Å². The first-order valence-electron chi connectivity index (χ1n) is 10.5. The van der Waals surface area contributed by atoms with Gasteiger partial charge in [-0.15, -0.1) is 10.2 Å². The van der Waals surface area contributed by atoms with Crippen molar-refractivity contribution < 1.29 is 9.21 Å². The van der Waals surface area contributed by atoms with Gasteiger partial charge in [0, 0.05) is 36.1 Å². The van der Waals surface area contributed by atoms with Crippen LogP contribution in [0.1, 0.15) is 44.3 Å². The Hall–Kier alpha value is -3.81. The summed E-state index contributed by atoms with van der Waals surface area (Å²) in [4.78, 5) is 17.0. The van der Waals surface area contributed by atoms with Gasteiger partial charge in [0.25, 0.3) is 0 Å². The molecule has 0 saturated carbocycles. The molecule has 0 fully saturated rings. The summed E-state index contributed by atoms with van der Waals surface area (Å²) in [6, 6.07) is 15.3. The topological polar surface area (TPSA) is 98.7 Å². The Morgan fingerprint density at radius 3 is 2.56 bits per heavy atom. The first-order valence-corrected chi connectivity index (χ1v) is 10.5. The number of carbonyl (C=O) groups is 1. The van der Waals surface area contributed by atoms with E-state index in [1.807, 2.05) is 55.5 Å². The molecular formula is C24H26N6O2. The third kappa shape index (κ3) is 4.91. The fourth-order valence-electron chi connectivity index (χ4n) is 3.08. The van der Waals surface area contributed by atoms with Crippen LogP contribution in [-0.4, -0.2) is 30.9 Å². The molecule has 8 heteroatoms. The second-order valence-corrected chi connectivity index (χ2v) is 8.68. The van der Waals surface area contributed by atoms with Crippen LogP contribution in [-0.2, 0) is 16.6 Å². The summed E-state index contributed by atoms with van der Waals surface area (Å²) in [5, 5.41) is 15.8. The molecule has 1 amide bonds. The number of anilines is 1. The summed E-state index contributed by atoms with van der Waals surface area (Å²) < 4.78 is 7.38. The molecule has 0 saturated heterocycles. The van der Waals surface area contributed by atoms with Crippen molar-refractivity contribution in [1.82, 2.24) is 25.0 Å². The second-order valence-electron chi connectivity index (χ2n) is 8.68. The first-order chi connectivity index (χ1) is 15.3. The number of aromatic nitrogens is 5. The fraction of sp³-hybridized carbons (Fsp3) is 0.292. The second kappa shape index (κ2) is 8.74. The number of carbonyl (C=O) groups excluding carboxylic acids is 1. The average Bonchev–Trinajstić information content (AvgIpc) is 3.41. The van der Waals surface area contributed by atoms with E-state index >= 15 is 0 Å². The van der Waals surface area contributed by atoms with E-state index in [1.54, 1.807) is 10.9 Å². The molecule has 1 N–H and O–H groups in total. The first kappa shape index (κ1) is 21.4. The van der Waals surface area contributed by atoms with Crippen LogP contribution >= 0.6 is 0 Å². The van der Waals surface area contributed by atoms with Gasteiger partial charge >= 0.3 is 0 Å². The molecule has 0 unspecified atom stereocenters. The van der Waals surface area contributed by atoms with E-state index < -0.39 is 0 Å². The Labute approximate surface area is 186 Å². The van der Waals surface area contributed by atoms with E-state index in [4.69, 9.17) is 4.42 Å². The van der Waals surface area contributed by atoms with Crippen molar-refractivity contribution in [3.05, 3.63) is 71.9 Å². The highest BCUT2D eigenvalue weighted by Crippen LogP contribution is 2.26. The molecule has 4 rings (SSSR count). The minimum absolute atomic E-state index is 0.169. The molecule has 0 aliphatic rings. The Morgan fingerprint density at radius 2 is 1.88 bits per heavy atom. The molecule has 1 aromatic carbocycles. The lowest BCUT2D eigenvalue weighted by Crippen LogP contribution is -2.16. The molecule has 0 aliphatic carbocycles. The molecular weight excluding hydrogens is 404 g/mol. The standard InChI is InChI=1S/C24H26N6O2/c1-16-8-10-17(11-9-16)23-28-27-22(32-23)13-12-21(31)26-20-15-18(24(2,3)4)29-30(20)19-7-5-6-14-25-19/h5-11,14-15H,12-13H2,1-4H3,(H,26,31). The molecule has 0 spiro atoms. The lowest BCUT2D eigenvalue weighted by atomic mass is 9.92. The molecule has 0 atom stereocenters. The number of aryl methyl sites for hydroxylation is 2. The zero-order chi connectivity index (χ0) is 22.7. The van der Waals surface area contributed by atoms with E-state index in [9.17, 15) is 4.79 Å². The van der Waals surface area contributed by atoms with Crippen molar-refractivity contribution in [2.75, 3.05) is 5.32 Å². The zero-order valence-corrected chi connectivity index (χ0v) is 18.7. The summed E-state index contributed by atoms with van der Waals surface area (Å²) in [6.07, 6.45) is 2.24. The summed E-state index contributed by atoms with van der Waals surface area (Å²) in [5.41, 5.74) is 2.70. The number of benzene rings is 1. The maximum absolute atomic E-state index is 12.7. The van der Waals surface area contributed by atoms with Crippen molar-refractivity contribution in [3.8, 4) is 17.3 Å². The molecule has 3 aromatic heterocycles. The minimum atomic E-state index is -0.171. The summed E-state index contributed by atoms with van der Waals surface area (Å²) in [6.45, 7) is 8.24. The Balaban J connectivity index is 1.45. The van der Waals surface area contributed by atoms with Crippen molar-refractivity contribution >= 4 is 11.7 Å². The summed E-state index contributed by atoms with van der Waals surface area (Å²) >= 11 is 0. The number of amides is 1. The van der Waals surface area contributed by atoms with Crippen LogP contribution in [0.5, 0.6) is 0 Å². The normalized spacial score (nSPS) is 11.5. The average molecular weight is 431 g/mol. The Morgan fingerprint density at radius 1 is 1.09 bits per heavy atom. The highest BCUT2D eigenvalue weighted by molar-refractivity contribution is 5.90. The highest BCUT2D eigenvalue weighted by atomic mass is 16.4. The van der Waals surface area contributed by atoms with Gasteiger partial charge in [-0.25, -0.2) is 4.98 Å². The van der Waals surface area contributed by atoms with Gasteiger partial charge in [0.1, 0.15) is 5.82 Å². The number of nitrogens with one attached hydrogen (secondary N) is 1. The molecule has 32 heavy (non-hydrogen) atoms. The molecule has 0 bridgehead atoms. The molecule has 0 radical (unpaired) electrons. The lowest BCUT2D eigenvalue weighted by Gasteiger charge is -2.13. The van der Waals surface area contributed by atoms with Crippen LogP contribution in [0.3, 0.4) is 0 Å². The van der Waals surface area contributed by atoms with Crippen molar-refractivity contribution in [2.24, 2.45) is 0 Å². The molecule has 3 heterocycles. The van der Waals surface area contributed by atoms with Crippen LogP contribution in [0.25, 0.3) is 17.3 Å². The van der Waals surface area contributed by atoms with E-state index in [1.165, 1.54) is 0 Å². The van der Waals surface area contributed by atoms with Crippen LogP contribution in [0.2, 0.25) is 0 Å². The number of nitrogens with zero attached hydrogens (tertiary/aromatic N) is 5. The summed E-state index contributed by atoms with van der Waals surface area (Å²) in [7, 11) is 0. The maximum Gasteiger partial charge on any atom is 0.247 e. The van der Waals surface area contributed by atoms with E-state index in [2.05, 4.69) is 46.4 Å². The van der Waals surface area contributed by atoms with Gasteiger partial charge < -0.3 is 9.73 Å². The Kier molecular flexibility index (Phi) is 5.85. The van der Waals surface area contributed by atoms with E-state index in [0.717, 1.165) is 16.8 Å². The molecule has 164 valence electrons. The van der Waals surface area contributed by atoms with Crippen molar-refractivity contribution in [1.29, 1.82) is 0 Å². The number of hydrogen-bond acceptors (Lipinski definition) is 6. The van der Waals surface area contributed by atoms with Gasteiger partial charge in [0.05, 0.1) is 5.69 Å². The van der Waals surface area contributed by atoms with Gasteiger partial charge in [-0.2, -0.15) is 9.78 Å². The third-order valence-electron chi connectivity index (χ3n) is 4.94. The number of rotatable bonds is 6. The quantitative estimate of drug-likeness (QED) is 0.484. The summed E-state index contributed by atoms with van der Waals surface area (Å²) in [5.74, 6) is 1.91. The third-order valence-corrected chi connectivity index (χ3v) is 4.94.